The summed E-state index contributed by atoms with van der Waals surface area (Å²) < 4.78 is 24.4. The average Bonchev–Trinajstić information content (AvgIpc) is 2.07. The van der Waals surface area contributed by atoms with E-state index in [9.17, 15) is 18.9 Å². The molecular weight excluding hydrogens is 332 g/mol. The minimum atomic E-state index is -2.88. The largest absolute Gasteiger partial charge is 0.287 e. The summed E-state index contributed by atoms with van der Waals surface area (Å²) in [6.45, 7) is 0. The molecule has 0 radical (unpaired) electrons. The normalized spacial score (nSPS) is 10.6. The van der Waals surface area contributed by atoms with Crippen LogP contribution in [0.3, 0.4) is 0 Å². The fourth-order valence-corrected chi connectivity index (χ4v) is 1.68. The third-order valence-electron chi connectivity index (χ3n) is 1.34. The van der Waals surface area contributed by atoms with Crippen LogP contribution in [0.5, 0.6) is 0 Å². The summed E-state index contributed by atoms with van der Waals surface area (Å²) in [5.41, 5.74) is -1.12. The van der Waals surface area contributed by atoms with Crippen molar-refractivity contribution in [2.75, 3.05) is 0 Å². The van der Waals surface area contributed by atoms with Crippen molar-refractivity contribution >= 4 is 39.9 Å². The Labute approximate surface area is 95.6 Å². The predicted octanol–water partition coefficient (Wildman–Crippen LogP) is 3.19. The van der Waals surface area contributed by atoms with Gasteiger partial charge >= 0.3 is 0 Å². The number of pyridine rings is 1. The zero-order valence-corrected chi connectivity index (χ0v) is 9.29. The van der Waals surface area contributed by atoms with Crippen LogP contribution in [0.1, 0.15) is 12.1 Å². The number of alkyl halides is 2. The standard InChI is InChI=1S/C6H2ClF2IN2O2/c7-3-1-2(12(13)14)4(10)5(11-3)6(8)9/h1,6H. The summed E-state index contributed by atoms with van der Waals surface area (Å²) in [6, 6.07) is 0.940. The monoisotopic (exact) mass is 334 g/mol. The van der Waals surface area contributed by atoms with Crippen LogP contribution in [0.25, 0.3) is 0 Å². The third-order valence-corrected chi connectivity index (χ3v) is 2.64. The second kappa shape index (κ2) is 4.30. The fraction of sp³-hybridized carbons (Fsp3) is 0.167. The molecule has 1 heterocycles. The highest BCUT2D eigenvalue weighted by atomic mass is 127. The molecule has 1 rings (SSSR count). The molecule has 0 saturated heterocycles. The minimum Gasteiger partial charge on any atom is -0.258 e. The van der Waals surface area contributed by atoms with E-state index in [1.54, 1.807) is 0 Å². The molecule has 0 saturated carbocycles. The number of aromatic nitrogens is 1. The summed E-state index contributed by atoms with van der Waals surface area (Å²) >= 11 is 6.80. The van der Waals surface area contributed by atoms with Crippen molar-refractivity contribution in [1.82, 2.24) is 4.98 Å². The summed E-state index contributed by atoms with van der Waals surface area (Å²) in [6.07, 6.45) is -2.88. The molecule has 0 aliphatic heterocycles. The highest BCUT2D eigenvalue weighted by Gasteiger charge is 2.23. The summed E-state index contributed by atoms with van der Waals surface area (Å²) in [5, 5.41) is 10.1. The van der Waals surface area contributed by atoms with Gasteiger partial charge in [0.2, 0.25) is 0 Å². The van der Waals surface area contributed by atoms with E-state index in [4.69, 9.17) is 11.6 Å². The first-order chi connectivity index (χ1) is 6.43. The Hall–Kier alpha value is -0.570. The zero-order valence-electron chi connectivity index (χ0n) is 6.38. The second-order valence-electron chi connectivity index (χ2n) is 2.22. The second-order valence-corrected chi connectivity index (χ2v) is 3.69. The van der Waals surface area contributed by atoms with Crippen LogP contribution in [0.4, 0.5) is 14.5 Å². The highest BCUT2D eigenvalue weighted by molar-refractivity contribution is 14.1. The SMILES string of the molecule is O=[N+]([O-])c1cc(Cl)nc(C(F)F)c1I. The molecule has 14 heavy (non-hydrogen) atoms. The van der Waals surface area contributed by atoms with E-state index in [0.29, 0.717) is 0 Å². The lowest BCUT2D eigenvalue weighted by atomic mass is 10.3. The van der Waals surface area contributed by atoms with Gasteiger partial charge in [0.1, 0.15) is 14.4 Å². The molecule has 76 valence electrons. The van der Waals surface area contributed by atoms with Gasteiger partial charge in [0.25, 0.3) is 12.1 Å². The van der Waals surface area contributed by atoms with Crippen molar-refractivity contribution in [3.05, 3.63) is 30.6 Å². The first-order valence-electron chi connectivity index (χ1n) is 3.22. The van der Waals surface area contributed by atoms with Crippen LogP contribution in [0, 0.1) is 13.7 Å². The first kappa shape index (κ1) is 11.5. The van der Waals surface area contributed by atoms with Crippen LogP contribution in [0.2, 0.25) is 5.15 Å². The van der Waals surface area contributed by atoms with Crippen molar-refractivity contribution in [2.45, 2.75) is 6.43 Å². The van der Waals surface area contributed by atoms with E-state index < -0.39 is 22.7 Å². The predicted molar refractivity (Wildman–Crippen MR) is 53.6 cm³/mol. The number of rotatable bonds is 2. The number of hydrogen-bond acceptors (Lipinski definition) is 3. The van der Waals surface area contributed by atoms with Crippen molar-refractivity contribution in [2.24, 2.45) is 0 Å². The molecule has 1 aromatic rings. The Morgan fingerprint density at radius 3 is 2.64 bits per heavy atom. The van der Waals surface area contributed by atoms with Crippen molar-refractivity contribution in [1.29, 1.82) is 0 Å². The molecule has 0 N–H and O–H groups in total. The van der Waals surface area contributed by atoms with Crippen LogP contribution in [0.15, 0.2) is 6.07 Å². The molecule has 0 amide bonds. The van der Waals surface area contributed by atoms with E-state index in [1.807, 2.05) is 0 Å². The highest BCUT2D eigenvalue weighted by Crippen LogP contribution is 2.31. The molecule has 8 heteroatoms. The maximum atomic E-state index is 12.3. The Balaban J connectivity index is 3.40. The molecule has 1 aromatic heterocycles. The minimum absolute atomic E-state index is 0.188. The van der Waals surface area contributed by atoms with Gasteiger partial charge in [-0.2, -0.15) is 0 Å². The quantitative estimate of drug-likeness (QED) is 0.361. The Kier molecular flexibility index (Phi) is 3.53. The molecule has 4 nitrogen and oxygen atoms in total. The molecule has 0 spiro atoms. The van der Waals surface area contributed by atoms with Crippen LogP contribution in [-0.4, -0.2) is 9.91 Å². The zero-order chi connectivity index (χ0) is 10.9. The summed E-state index contributed by atoms with van der Waals surface area (Å²) in [4.78, 5) is 13.0. The van der Waals surface area contributed by atoms with Gasteiger partial charge in [0.15, 0.2) is 0 Å². The fourth-order valence-electron chi connectivity index (χ4n) is 0.781. The molecule has 0 aromatic carbocycles. The smallest absolute Gasteiger partial charge is 0.258 e. The van der Waals surface area contributed by atoms with Gasteiger partial charge in [0.05, 0.1) is 11.0 Å². The van der Waals surface area contributed by atoms with E-state index in [0.717, 1.165) is 6.07 Å². The molecular formula is C6H2ClF2IN2O2. The third kappa shape index (κ3) is 2.27. The molecule has 0 bridgehead atoms. The number of nitro groups is 1. The van der Waals surface area contributed by atoms with E-state index in [-0.39, 0.29) is 8.72 Å². The molecule has 0 unspecified atom stereocenters. The van der Waals surface area contributed by atoms with Crippen LogP contribution >= 0.6 is 34.2 Å². The van der Waals surface area contributed by atoms with Gasteiger partial charge in [-0.3, -0.25) is 10.1 Å². The molecule has 0 atom stereocenters. The lowest BCUT2D eigenvalue weighted by Gasteiger charge is -2.03. The van der Waals surface area contributed by atoms with Crippen molar-refractivity contribution in [3.8, 4) is 0 Å². The Bertz CT molecular complexity index is 388. The maximum Gasteiger partial charge on any atom is 0.287 e. The van der Waals surface area contributed by atoms with Gasteiger partial charge in [0, 0.05) is 0 Å². The summed E-state index contributed by atoms with van der Waals surface area (Å²) in [5.74, 6) is 0. The number of nitrogens with zero attached hydrogens (tertiary/aromatic N) is 2. The van der Waals surface area contributed by atoms with Crippen molar-refractivity contribution < 1.29 is 13.7 Å². The lowest BCUT2D eigenvalue weighted by Crippen LogP contribution is -2.00. The van der Waals surface area contributed by atoms with Crippen LogP contribution in [-0.2, 0) is 0 Å². The maximum absolute atomic E-state index is 12.3. The van der Waals surface area contributed by atoms with E-state index >= 15 is 0 Å². The lowest BCUT2D eigenvalue weighted by molar-refractivity contribution is -0.386. The van der Waals surface area contributed by atoms with E-state index in [2.05, 4.69) is 4.98 Å². The Morgan fingerprint density at radius 2 is 2.21 bits per heavy atom. The van der Waals surface area contributed by atoms with Crippen molar-refractivity contribution in [3.63, 3.8) is 0 Å². The van der Waals surface area contributed by atoms with Gasteiger partial charge in [-0.1, -0.05) is 11.6 Å². The molecule has 0 aliphatic carbocycles. The number of halogens is 4. The molecule has 0 fully saturated rings. The average molecular weight is 334 g/mol. The molecule has 0 aliphatic rings. The van der Waals surface area contributed by atoms with Gasteiger partial charge in [-0.15, -0.1) is 0 Å². The Morgan fingerprint density at radius 1 is 1.64 bits per heavy atom. The van der Waals surface area contributed by atoms with Gasteiger partial charge < -0.3 is 0 Å². The first-order valence-corrected chi connectivity index (χ1v) is 4.67. The van der Waals surface area contributed by atoms with E-state index in [1.165, 1.54) is 22.6 Å². The van der Waals surface area contributed by atoms with Gasteiger partial charge in [-0.05, 0) is 22.6 Å². The summed E-state index contributed by atoms with van der Waals surface area (Å²) in [7, 11) is 0. The topological polar surface area (TPSA) is 56.0 Å². The number of hydrogen-bond donors (Lipinski definition) is 0. The van der Waals surface area contributed by atoms with Crippen LogP contribution < -0.4 is 0 Å². The van der Waals surface area contributed by atoms with Gasteiger partial charge in [-0.25, -0.2) is 13.8 Å².